The SMILES string of the molecule is C=C(N=c1nc(N(c2ccccc2)c2ccccc2)nc2nc(N(c3ccccc3)c3ccccc3)nc(N)n12)C(c1ccccc1)c1ccccc1. The summed E-state index contributed by atoms with van der Waals surface area (Å²) in [5.74, 6) is 0.793. The molecule has 8 aromatic rings. The Morgan fingerprint density at radius 3 is 1.21 bits per heavy atom. The maximum absolute atomic E-state index is 6.88. The highest BCUT2D eigenvalue weighted by molar-refractivity contribution is 5.75. The minimum Gasteiger partial charge on any atom is -0.369 e. The van der Waals surface area contributed by atoms with Crippen molar-refractivity contribution in [3.8, 4) is 0 Å². The Balaban J connectivity index is 1.40. The lowest BCUT2D eigenvalue weighted by molar-refractivity contribution is 0.819. The predicted octanol–water partition coefficient (Wildman–Crippen LogP) is 9.29. The Kier molecular flexibility index (Phi) is 9.18. The summed E-state index contributed by atoms with van der Waals surface area (Å²) in [5.41, 5.74) is 13.2. The Labute approximate surface area is 307 Å². The average Bonchev–Trinajstić information content (AvgIpc) is 3.20. The Morgan fingerprint density at radius 1 is 0.491 bits per heavy atom. The molecule has 2 N–H and O–H groups in total. The lowest BCUT2D eigenvalue weighted by Crippen LogP contribution is -2.29. The summed E-state index contributed by atoms with van der Waals surface area (Å²) in [6.07, 6.45) is 0. The van der Waals surface area contributed by atoms with Crippen molar-refractivity contribution >= 4 is 46.4 Å². The number of anilines is 7. The van der Waals surface area contributed by atoms with Crippen molar-refractivity contribution in [3.63, 3.8) is 0 Å². The van der Waals surface area contributed by atoms with Crippen LogP contribution in [-0.4, -0.2) is 24.3 Å². The van der Waals surface area contributed by atoms with Gasteiger partial charge in [-0.15, -0.1) is 0 Å². The van der Waals surface area contributed by atoms with E-state index in [1.807, 2.05) is 168 Å². The first-order valence-corrected chi connectivity index (χ1v) is 17.2. The molecule has 53 heavy (non-hydrogen) atoms. The summed E-state index contributed by atoms with van der Waals surface area (Å²) in [6.45, 7) is 4.51. The van der Waals surface area contributed by atoms with Crippen LogP contribution < -0.4 is 21.2 Å². The molecule has 0 fully saturated rings. The molecule has 0 saturated carbocycles. The van der Waals surface area contributed by atoms with Crippen LogP contribution in [-0.2, 0) is 0 Å². The van der Waals surface area contributed by atoms with Crippen LogP contribution in [0, 0.1) is 0 Å². The molecule has 256 valence electrons. The van der Waals surface area contributed by atoms with Crippen LogP contribution in [0.3, 0.4) is 0 Å². The van der Waals surface area contributed by atoms with Gasteiger partial charge >= 0.3 is 0 Å². The Hall–Kier alpha value is -7.39. The smallest absolute Gasteiger partial charge is 0.246 e. The van der Waals surface area contributed by atoms with E-state index < -0.39 is 0 Å². The molecule has 0 radical (unpaired) electrons. The van der Waals surface area contributed by atoms with Crippen molar-refractivity contribution in [2.24, 2.45) is 4.99 Å². The number of benzene rings is 6. The van der Waals surface area contributed by atoms with Crippen LogP contribution >= 0.6 is 0 Å². The van der Waals surface area contributed by atoms with Crippen molar-refractivity contribution in [1.82, 2.24) is 24.3 Å². The molecule has 2 heterocycles. The molecule has 0 aliphatic heterocycles. The number of para-hydroxylation sites is 4. The van der Waals surface area contributed by atoms with E-state index in [-0.39, 0.29) is 23.3 Å². The highest BCUT2D eigenvalue weighted by atomic mass is 15.4. The summed E-state index contributed by atoms with van der Waals surface area (Å²) < 4.78 is 1.58. The molecule has 0 unspecified atom stereocenters. The second-order valence-corrected chi connectivity index (χ2v) is 12.2. The number of nitrogens with zero attached hydrogens (tertiary/aromatic N) is 8. The first-order valence-electron chi connectivity index (χ1n) is 17.2. The fourth-order valence-electron chi connectivity index (χ4n) is 6.34. The highest BCUT2D eigenvalue weighted by Crippen LogP contribution is 2.35. The molecule has 9 nitrogen and oxygen atoms in total. The van der Waals surface area contributed by atoms with E-state index in [4.69, 9.17) is 30.7 Å². The fraction of sp³-hybridized carbons (Fsp3) is 0.0227. The molecule has 0 atom stereocenters. The number of hydrogen-bond donors (Lipinski definition) is 1. The van der Waals surface area contributed by atoms with Crippen LogP contribution in [0.5, 0.6) is 0 Å². The number of allylic oxidation sites excluding steroid dienone is 1. The van der Waals surface area contributed by atoms with Gasteiger partial charge in [-0.3, -0.25) is 9.80 Å². The van der Waals surface area contributed by atoms with Crippen LogP contribution in [0.2, 0.25) is 0 Å². The summed E-state index contributed by atoms with van der Waals surface area (Å²) in [6, 6.07) is 60.1. The third-order valence-corrected chi connectivity index (χ3v) is 8.74. The lowest BCUT2D eigenvalue weighted by atomic mass is 9.89. The molecule has 8 rings (SSSR count). The van der Waals surface area contributed by atoms with Crippen molar-refractivity contribution in [2.75, 3.05) is 15.5 Å². The van der Waals surface area contributed by atoms with Crippen molar-refractivity contribution in [2.45, 2.75) is 5.92 Å². The van der Waals surface area contributed by atoms with Crippen LogP contribution in [0.15, 0.2) is 199 Å². The average molecular weight is 690 g/mol. The Bertz CT molecular complexity index is 2400. The Morgan fingerprint density at radius 2 is 0.830 bits per heavy atom. The van der Waals surface area contributed by atoms with Gasteiger partial charge in [0.1, 0.15) is 0 Å². The number of hydrogen-bond acceptors (Lipinski definition) is 8. The molecular formula is C44H35N9. The maximum atomic E-state index is 6.88. The predicted molar refractivity (Wildman–Crippen MR) is 212 cm³/mol. The van der Waals surface area contributed by atoms with Gasteiger partial charge < -0.3 is 5.73 Å². The summed E-state index contributed by atoms with van der Waals surface area (Å²) in [7, 11) is 0. The van der Waals surface area contributed by atoms with Gasteiger partial charge in [0.05, 0.1) is 5.92 Å². The normalized spacial score (nSPS) is 11.5. The third-order valence-electron chi connectivity index (χ3n) is 8.74. The van der Waals surface area contributed by atoms with E-state index in [1.54, 1.807) is 4.40 Å². The second kappa shape index (κ2) is 14.8. The van der Waals surface area contributed by atoms with Gasteiger partial charge in [-0.25, -0.2) is 9.39 Å². The van der Waals surface area contributed by atoms with Crippen molar-refractivity contribution in [1.29, 1.82) is 0 Å². The zero-order valence-corrected chi connectivity index (χ0v) is 28.8. The van der Waals surface area contributed by atoms with Crippen LogP contribution in [0.1, 0.15) is 17.0 Å². The van der Waals surface area contributed by atoms with E-state index in [9.17, 15) is 0 Å². The topological polar surface area (TPSA) is 101 Å². The van der Waals surface area contributed by atoms with Gasteiger partial charge in [0.15, 0.2) is 0 Å². The molecular weight excluding hydrogens is 655 g/mol. The van der Waals surface area contributed by atoms with Gasteiger partial charge in [0, 0.05) is 28.4 Å². The van der Waals surface area contributed by atoms with Gasteiger partial charge in [0.2, 0.25) is 29.2 Å². The minimum atomic E-state index is -0.265. The maximum Gasteiger partial charge on any atom is 0.246 e. The molecule has 6 aromatic carbocycles. The summed E-state index contributed by atoms with van der Waals surface area (Å²) in [5, 5.41) is 0. The van der Waals surface area contributed by atoms with Crippen molar-refractivity contribution < 1.29 is 0 Å². The molecule has 0 aliphatic carbocycles. The quantitative estimate of drug-likeness (QED) is 0.153. The number of nitrogen functional groups attached to an aromatic ring is 1. The number of nitrogens with two attached hydrogens (primary N) is 1. The first kappa shape index (κ1) is 32.8. The molecule has 2 aromatic heterocycles. The van der Waals surface area contributed by atoms with E-state index in [1.165, 1.54) is 0 Å². The van der Waals surface area contributed by atoms with Gasteiger partial charge in [-0.2, -0.15) is 19.9 Å². The van der Waals surface area contributed by atoms with Gasteiger partial charge in [0.25, 0.3) is 0 Å². The third kappa shape index (κ3) is 6.87. The molecule has 0 spiro atoms. The molecule has 0 saturated heterocycles. The van der Waals surface area contributed by atoms with E-state index in [0.29, 0.717) is 17.6 Å². The van der Waals surface area contributed by atoms with E-state index >= 15 is 0 Å². The number of rotatable bonds is 10. The van der Waals surface area contributed by atoms with Crippen LogP contribution in [0.4, 0.5) is 40.6 Å². The standard InChI is InChI=1S/C44H35N9/c1-32(39(33-20-8-2-9-21-33)34-22-10-3-11-23-34)46-41-48-43(52(37-28-16-6-17-29-37)38-30-18-7-19-31-38)50-44-49-42(47-40(45)53(41)44)51(35-24-12-4-13-25-35)36-26-14-5-15-27-36/h2-31,39H,1H2,(H2,45,46,47,48,49,50). The highest BCUT2D eigenvalue weighted by Gasteiger charge is 2.23. The lowest BCUT2D eigenvalue weighted by Gasteiger charge is -2.25. The fourth-order valence-corrected chi connectivity index (χ4v) is 6.34. The van der Waals surface area contributed by atoms with Crippen LogP contribution in [0.25, 0.3) is 5.78 Å². The zero-order valence-electron chi connectivity index (χ0n) is 28.8. The largest absolute Gasteiger partial charge is 0.369 e. The van der Waals surface area contributed by atoms with Gasteiger partial charge in [-0.05, 0) is 59.7 Å². The second-order valence-electron chi connectivity index (χ2n) is 12.2. The van der Waals surface area contributed by atoms with E-state index in [2.05, 4.69) is 30.8 Å². The molecule has 0 amide bonds. The van der Waals surface area contributed by atoms with Gasteiger partial charge in [-0.1, -0.05) is 140 Å². The summed E-state index contributed by atoms with van der Waals surface area (Å²) in [4.78, 5) is 29.2. The molecule has 9 heteroatoms. The minimum absolute atomic E-state index is 0.113. The number of aromatic nitrogens is 5. The van der Waals surface area contributed by atoms with E-state index in [0.717, 1.165) is 33.9 Å². The first-order chi connectivity index (χ1) is 26.1. The zero-order chi connectivity index (χ0) is 36.0. The monoisotopic (exact) mass is 689 g/mol. The number of fused-ring (bicyclic) bond motifs is 1. The van der Waals surface area contributed by atoms with Crippen molar-refractivity contribution in [3.05, 3.63) is 211 Å². The molecule has 0 bridgehead atoms. The summed E-state index contributed by atoms with van der Waals surface area (Å²) >= 11 is 0. The molecule has 0 aliphatic rings.